The molecule has 0 aromatic heterocycles. The maximum atomic E-state index is 6.20. The second-order valence-electron chi connectivity index (χ2n) is 9.18. The predicted molar refractivity (Wildman–Crippen MR) is 92.3 cm³/mol. The molecule has 2 heteroatoms. The lowest BCUT2D eigenvalue weighted by Gasteiger charge is -2.46. The molecule has 0 bridgehead atoms. The maximum absolute atomic E-state index is 6.20. The molecule has 1 aliphatic carbocycles. The third-order valence-corrected chi connectivity index (χ3v) is 6.15. The highest BCUT2D eigenvalue weighted by atomic mass is 15.2. The van der Waals surface area contributed by atoms with Crippen LogP contribution in [0.15, 0.2) is 0 Å². The van der Waals surface area contributed by atoms with Crippen LogP contribution in [0.2, 0.25) is 0 Å². The number of nitrogens with zero attached hydrogens (tertiary/aromatic N) is 1. The van der Waals surface area contributed by atoms with Crippen molar-refractivity contribution in [3.05, 3.63) is 0 Å². The summed E-state index contributed by atoms with van der Waals surface area (Å²) in [6.45, 7) is 15.4. The van der Waals surface area contributed by atoms with Gasteiger partial charge >= 0.3 is 0 Å². The lowest BCUT2D eigenvalue weighted by Crippen LogP contribution is -2.52. The van der Waals surface area contributed by atoms with Crippen LogP contribution in [-0.2, 0) is 0 Å². The summed E-state index contributed by atoms with van der Waals surface area (Å²) in [5, 5.41) is 0. The number of rotatable bonds is 3. The third-order valence-electron chi connectivity index (χ3n) is 6.15. The lowest BCUT2D eigenvalue weighted by molar-refractivity contribution is 0.0411. The minimum Gasteiger partial charge on any atom is -0.329 e. The number of likely N-dealkylation sites (tertiary alicyclic amines) is 1. The van der Waals surface area contributed by atoms with Crippen molar-refractivity contribution in [2.24, 2.45) is 34.8 Å². The van der Waals surface area contributed by atoms with Crippen LogP contribution in [0.1, 0.15) is 66.7 Å². The van der Waals surface area contributed by atoms with Crippen molar-refractivity contribution in [3.63, 3.8) is 0 Å². The van der Waals surface area contributed by atoms with Gasteiger partial charge in [-0.15, -0.1) is 0 Å². The average Bonchev–Trinajstić information content (AvgIpc) is 2.38. The van der Waals surface area contributed by atoms with E-state index in [1.54, 1.807) is 0 Å². The molecule has 3 unspecified atom stereocenters. The summed E-state index contributed by atoms with van der Waals surface area (Å²) < 4.78 is 0. The predicted octanol–water partition coefficient (Wildman–Crippen LogP) is 4.14. The zero-order valence-electron chi connectivity index (χ0n) is 15.1. The Morgan fingerprint density at radius 3 is 1.95 bits per heavy atom. The first kappa shape index (κ1) is 17.3. The minimum atomic E-state index is 0.483. The van der Waals surface area contributed by atoms with Gasteiger partial charge in [0.2, 0.25) is 0 Å². The van der Waals surface area contributed by atoms with Gasteiger partial charge in [0.05, 0.1) is 0 Å². The van der Waals surface area contributed by atoms with Gasteiger partial charge in [-0.05, 0) is 61.2 Å². The van der Waals surface area contributed by atoms with Gasteiger partial charge in [0, 0.05) is 25.7 Å². The molecule has 21 heavy (non-hydrogen) atoms. The van der Waals surface area contributed by atoms with Gasteiger partial charge < -0.3 is 5.73 Å². The number of hydrogen-bond acceptors (Lipinski definition) is 2. The lowest BCUT2D eigenvalue weighted by atomic mass is 9.68. The second-order valence-corrected chi connectivity index (χ2v) is 9.18. The fourth-order valence-corrected chi connectivity index (χ4v) is 4.99. The molecule has 0 amide bonds. The molecule has 1 saturated heterocycles. The van der Waals surface area contributed by atoms with Crippen LogP contribution >= 0.6 is 0 Å². The van der Waals surface area contributed by atoms with E-state index in [0.717, 1.165) is 30.2 Å². The van der Waals surface area contributed by atoms with Crippen molar-refractivity contribution < 1.29 is 0 Å². The Bertz CT molecular complexity index is 302. The van der Waals surface area contributed by atoms with Gasteiger partial charge in [-0.1, -0.05) is 34.6 Å². The van der Waals surface area contributed by atoms with Gasteiger partial charge in [-0.3, -0.25) is 4.90 Å². The standard InChI is InChI=1S/C19H38N2/c1-14-10-15(2)13-21(12-14)18(11-20)16-6-8-17(9-7-16)19(3,4)5/h14-18H,6-13,20H2,1-5H3. The van der Waals surface area contributed by atoms with Crippen molar-refractivity contribution in [2.45, 2.75) is 72.8 Å². The molecule has 2 aliphatic rings. The van der Waals surface area contributed by atoms with Gasteiger partial charge in [0.1, 0.15) is 0 Å². The Kier molecular flexibility index (Phi) is 5.76. The Balaban J connectivity index is 1.93. The van der Waals surface area contributed by atoms with E-state index in [2.05, 4.69) is 39.5 Å². The minimum absolute atomic E-state index is 0.483. The number of nitrogens with two attached hydrogens (primary N) is 1. The van der Waals surface area contributed by atoms with Crippen LogP contribution in [0.4, 0.5) is 0 Å². The summed E-state index contributed by atoms with van der Waals surface area (Å²) >= 11 is 0. The van der Waals surface area contributed by atoms with E-state index in [9.17, 15) is 0 Å². The van der Waals surface area contributed by atoms with E-state index < -0.39 is 0 Å². The summed E-state index contributed by atoms with van der Waals surface area (Å²) in [5.41, 5.74) is 6.69. The van der Waals surface area contributed by atoms with E-state index in [4.69, 9.17) is 5.73 Å². The monoisotopic (exact) mass is 294 g/mol. The average molecular weight is 295 g/mol. The Morgan fingerprint density at radius 2 is 1.52 bits per heavy atom. The highest BCUT2D eigenvalue weighted by molar-refractivity contribution is 4.89. The zero-order chi connectivity index (χ0) is 15.6. The molecule has 2 fully saturated rings. The molecule has 0 radical (unpaired) electrons. The third kappa shape index (κ3) is 4.45. The molecule has 124 valence electrons. The van der Waals surface area contributed by atoms with E-state index in [0.29, 0.717) is 11.5 Å². The SMILES string of the molecule is CC1CC(C)CN(C(CN)C2CCC(C(C)(C)C)CC2)C1. The zero-order valence-corrected chi connectivity index (χ0v) is 15.1. The molecule has 2 nitrogen and oxygen atoms in total. The Morgan fingerprint density at radius 1 is 1.00 bits per heavy atom. The van der Waals surface area contributed by atoms with Crippen LogP contribution in [0, 0.1) is 29.1 Å². The van der Waals surface area contributed by atoms with Crippen molar-refractivity contribution in [1.29, 1.82) is 0 Å². The van der Waals surface area contributed by atoms with Gasteiger partial charge in [-0.25, -0.2) is 0 Å². The number of piperidine rings is 1. The van der Waals surface area contributed by atoms with Crippen LogP contribution < -0.4 is 5.73 Å². The summed E-state index contributed by atoms with van der Waals surface area (Å²) in [7, 11) is 0. The molecular formula is C19H38N2. The molecule has 1 aliphatic heterocycles. The summed E-state index contributed by atoms with van der Waals surface area (Å²) in [6.07, 6.45) is 6.99. The van der Waals surface area contributed by atoms with E-state index in [1.807, 2.05) is 0 Å². The first-order valence-electron chi connectivity index (χ1n) is 9.25. The van der Waals surface area contributed by atoms with E-state index in [-0.39, 0.29) is 0 Å². The van der Waals surface area contributed by atoms with Crippen molar-refractivity contribution >= 4 is 0 Å². The van der Waals surface area contributed by atoms with Crippen LogP contribution in [0.3, 0.4) is 0 Å². The van der Waals surface area contributed by atoms with E-state index in [1.165, 1.54) is 45.2 Å². The summed E-state index contributed by atoms with van der Waals surface area (Å²) in [6, 6.07) is 0.635. The van der Waals surface area contributed by atoms with Gasteiger partial charge in [0.25, 0.3) is 0 Å². The molecular weight excluding hydrogens is 256 g/mol. The molecule has 0 aromatic rings. The molecule has 3 atom stereocenters. The second kappa shape index (κ2) is 7.00. The molecule has 0 spiro atoms. The maximum Gasteiger partial charge on any atom is 0.0246 e. The fraction of sp³-hybridized carbons (Fsp3) is 1.00. The molecule has 1 saturated carbocycles. The van der Waals surface area contributed by atoms with Crippen molar-refractivity contribution in [2.75, 3.05) is 19.6 Å². The van der Waals surface area contributed by atoms with Crippen LogP contribution in [0.5, 0.6) is 0 Å². The highest BCUT2D eigenvalue weighted by Gasteiger charge is 2.36. The fourth-order valence-electron chi connectivity index (χ4n) is 4.99. The van der Waals surface area contributed by atoms with E-state index >= 15 is 0 Å². The number of hydrogen-bond donors (Lipinski definition) is 1. The van der Waals surface area contributed by atoms with Crippen LogP contribution in [-0.4, -0.2) is 30.6 Å². The summed E-state index contributed by atoms with van der Waals surface area (Å²) in [4.78, 5) is 2.74. The van der Waals surface area contributed by atoms with Crippen molar-refractivity contribution in [1.82, 2.24) is 4.90 Å². The first-order valence-corrected chi connectivity index (χ1v) is 9.25. The Labute approximate surface area is 132 Å². The topological polar surface area (TPSA) is 29.3 Å². The van der Waals surface area contributed by atoms with Gasteiger partial charge in [-0.2, -0.15) is 0 Å². The largest absolute Gasteiger partial charge is 0.329 e. The molecule has 0 aromatic carbocycles. The molecule has 2 rings (SSSR count). The smallest absolute Gasteiger partial charge is 0.0246 e. The quantitative estimate of drug-likeness (QED) is 0.847. The van der Waals surface area contributed by atoms with Crippen LogP contribution in [0.25, 0.3) is 0 Å². The first-order chi connectivity index (χ1) is 9.81. The van der Waals surface area contributed by atoms with Crippen molar-refractivity contribution in [3.8, 4) is 0 Å². The normalized spacial score (nSPS) is 37.4. The molecule has 1 heterocycles. The Hall–Kier alpha value is -0.0800. The highest BCUT2D eigenvalue weighted by Crippen LogP contribution is 2.41. The molecule has 2 N–H and O–H groups in total. The summed E-state index contributed by atoms with van der Waals surface area (Å²) in [5.74, 6) is 3.43. The van der Waals surface area contributed by atoms with Gasteiger partial charge in [0.15, 0.2) is 0 Å².